The molecular weight excluding hydrogens is 326 g/mol. The molecule has 0 aliphatic rings. The van der Waals surface area contributed by atoms with E-state index in [1.165, 1.54) is 11.6 Å². The van der Waals surface area contributed by atoms with Gasteiger partial charge in [0.2, 0.25) is 5.91 Å². The van der Waals surface area contributed by atoms with Crippen LogP contribution in [-0.4, -0.2) is 18.5 Å². The largest absolute Gasteiger partial charge is 0.462 e. The van der Waals surface area contributed by atoms with Crippen molar-refractivity contribution in [1.82, 2.24) is 0 Å². The number of hydrogen-bond acceptors (Lipinski definition) is 3. The van der Waals surface area contributed by atoms with Crippen molar-refractivity contribution in [2.45, 2.75) is 33.1 Å². The number of aryl methyl sites for hydroxylation is 1. The van der Waals surface area contributed by atoms with Gasteiger partial charge in [-0.05, 0) is 49.2 Å². The molecule has 0 unspecified atom stereocenters. The van der Waals surface area contributed by atoms with E-state index >= 15 is 0 Å². The van der Waals surface area contributed by atoms with Gasteiger partial charge in [-0.2, -0.15) is 0 Å². The molecule has 2 aromatic carbocycles. The molecule has 0 aliphatic carbocycles. The van der Waals surface area contributed by atoms with E-state index in [1.54, 1.807) is 30.3 Å². The quantitative estimate of drug-likeness (QED) is 0.414. The van der Waals surface area contributed by atoms with Crippen molar-refractivity contribution >= 4 is 23.6 Å². The average Bonchev–Trinajstić information content (AvgIpc) is 2.65. The molecule has 0 spiro atoms. The number of amides is 1. The summed E-state index contributed by atoms with van der Waals surface area (Å²) in [5.41, 5.74) is 3.25. The monoisotopic (exact) mass is 351 g/mol. The van der Waals surface area contributed by atoms with E-state index in [0.717, 1.165) is 24.8 Å². The van der Waals surface area contributed by atoms with E-state index in [4.69, 9.17) is 4.74 Å². The van der Waals surface area contributed by atoms with E-state index in [0.29, 0.717) is 17.9 Å². The summed E-state index contributed by atoms with van der Waals surface area (Å²) in [7, 11) is 0. The second-order valence-electron chi connectivity index (χ2n) is 6.15. The SMILES string of the molecule is CCCCCOC(=O)c1ccc(NC(=O)C=Cc2ccc(C)cc2)cc1. The zero-order chi connectivity index (χ0) is 18.8. The number of unbranched alkanes of at least 4 members (excludes halogenated alkanes) is 2. The van der Waals surface area contributed by atoms with Gasteiger partial charge in [0.15, 0.2) is 0 Å². The van der Waals surface area contributed by atoms with Crippen molar-refractivity contribution < 1.29 is 14.3 Å². The molecule has 4 nitrogen and oxygen atoms in total. The highest BCUT2D eigenvalue weighted by Gasteiger charge is 2.07. The lowest BCUT2D eigenvalue weighted by atomic mass is 10.1. The fourth-order valence-electron chi connectivity index (χ4n) is 2.32. The average molecular weight is 351 g/mol. The number of rotatable bonds is 8. The van der Waals surface area contributed by atoms with Gasteiger partial charge < -0.3 is 10.1 Å². The molecule has 2 rings (SSSR count). The van der Waals surface area contributed by atoms with Crippen LogP contribution in [0.4, 0.5) is 5.69 Å². The first-order valence-corrected chi connectivity index (χ1v) is 8.91. The van der Waals surface area contributed by atoms with Gasteiger partial charge in [0.1, 0.15) is 0 Å². The minimum atomic E-state index is -0.335. The lowest BCUT2D eigenvalue weighted by Gasteiger charge is -2.06. The Hall–Kier alpha value is -2.88. The minimum Gasteiger partial charge on any atom is -0.462 e. The Labute approximate surface area is 154 Å². The van der Waals surface area contributed by atoms with Crippen LogP contribution in [0.3, 0.4) is 0 Å². The summed E-state index contributed by atoms with van der Waals surface area (Å²) in [5, 5.41) is 2.77. The van der Waals surface area contributed by atoms with Gasteiger partial charge in [0, 0.05) is 11.8 Å². The first kappa shape index (κ1) is 19.4. The Morgan fingerprint density at radius 2 is 1.69 bits per heavy atom. The smallest absolute Gasteiger partial charge is 0.338 e. The second kappa shape index (κ2) is 10.2. The van der Waals surface area contributed by atoms with Gasteiger partial charge in [-0.1, -0.05) is 49.6 Å². The molecule has 136 valence electrons. The first-order valence-electron chi connectivity index (χ1n) is 8.91. The summed E-state index contributed by atoms with van der Waals surface area (Å²) in [4.78, 5) is 23.9. The Morgan fingerprint density at radius 1 is 1.00 bits per heavy atom. The molecule has 0 aromatic heterocycles. The molecule has 1 N–H and O–H groups in total. The maximum Gasteiger partial charge on any atom is 0.338 e. The highest BCUT2D eigenvalue weighted by molar-refractivity contribution is 6.02. The number of anilines is 1. The van der Waals surface area contributed by atoms with E-state index in [-0.39, 0.29) is 11.9 Å². The van der Waals surface area contributed by atoms with Crippen LogP contribution in [0.5, 0.6) is 0 Å². The summed E-state index contributed by atoms with van der Waals surface area (Å²) in [6.45, 7) is 4.56. The molecule has 0 radical (unpaired) electrons. The van der Waals surface area contributed by atoms with Crippen LogP contribution in [0, 0.1) is 6.92 Å². The number of benzene rings is 2. The second-order valence-corrected chi connectivity index (χ2v) is 6.15. The summed E-state index contributed by atoms with van der Waals surface area (Å²) < 4.78 is 5.21. The molecule has 0 fully saturated rings. The molecule has 0 saturated heterocycles. The molecular formula is C22H25NO3. The zero-order valence-electron chi connectivity index (χ0n) is 15.3. The van der Waals surface area contributed by atoms with Crippen LogP contribution in [0.1, 0.15) is 47.7 Å². The van der Waals surface area contributed by atoms with Gasteiger partial charge >= 0.3 is 5.97 Å². The van der Waals surface area contributed by atoms with Gasteiger partial charge in [-0.15, -0.1) is 0 Å². The minimum absolute atomic E-state index is 0.222. The predicted octanol–water partition coefficient (Wildman–Crippen LogP) is 4.99. The fraction of sp³-hybridized carbons (Fsp3) is 0.273. The summed E-state index contributed by atoms with van der Waals surface area (Å²) in [5.74, 6) is -0.557. The maximum absolute atomic E-state index is 12.0. The topological polar surface area (TPSA) is 55.4 Å². The number of carbonyl (C=O) groups is 2. The van der Waals surface area contributed by atoms with Crippen molar-refractivity contribution in [3.05, 3.63) is 71.3 Å². The van der Waals surface area contributed by atoms with Crippen molar-refractivity contribution in [2.75, 3.05) is 11.9 Å². The highest BCUT2D eigenvalue weighted by atomic mass is 16.5. The number of ether oxygens (including phenoxy) is 1. The molecule has 0 atom stereocenters. The molecule has 0 heterocycles. The van der Waals surface area contributed by atoms with E-state index in [1.807, 2.05) is 31.2 Å². The Kier molecular flexibility index (Phi) is 7.62. The van der Waals surface area contributed by atoms with Gasteiger partial charge in [-0.25, -0.2) is 4.79 Å². The fourth-order valence-corrected chi connectivity index (χ4v) is 2.32. The van der Waals surface area contributed by atoms with E-state index in [2.05, 4.69) is 12.2 Å². The lowest BCUT2D eigenvalue weighted by Crippen LogP contribution is -2.09. The van der Waals surface area contributed by atoms with Crippen molar-refractivity contribution in [2.24, 2.45) is 0 Å². The first-order chi connectivity index (χ1) is 12.6. The third-order valence-electron chi connectivity index (χ3n) is 3.87. The number of esters is 1. The van der Waals surface area contributed by atoms with E-state index < -0.39 is 0 Å². The van der Waals surface area contributed by atoms with Crippen LogP contribution in [-0.2, 0) is 9.53 Å². The van der Waals surface area contributed by atoms with Crippen LogP contribution in [0.2, 0.25) is 0 Å². The van der Waals surface area contributed by atoms with Crippen molar-refractivity contribution in [3.63, 3.8) is 0 Å². The number of nitrogens with one attached hydrogen (secondary N) is 1. The van der Waals surface area contributed by atoms with Crippen molar-refractivity contribution in [3.8, 4) is 0 Å². The zero-order valence-corrected chi connectivity index (χ0v) is 15.3. The summed E-state index contributed by atoms with van der Waals surface area (Å²) in [6.07, 6.45) is 6.26. The summed E-state index contributed by atoms with van der Waals surface area (Å²) >= 11 is 0. The summed E-state index contributed by atoms with van der Waals surface area (Å²) in [6, 6.07) is 14.6. The predicted molar refractivity (Wildman–Crippen MR) is 105 cm³/mol. The normalized spacial score (nSPS) is 10.7. The Balaban J connectivity index is 1.85. The Morgan fingerprint density at radius 3 is 2.35 bits per heavy atom. The van der Waals surface area contributed by atoms with Crippen LogP contribution in [0.25, 0.3) is 6.08 Å². The molecule has 4 heteroatoms. The van der Waals surface area contributed by atoms with Gasteiger partial charge in [0.25, 0.3) is 0 Å². The van der Waals surface area contributed by atoms with E-state index in [9.17, 15) is 9.59 Å². The number of carbonyl (C=O) groups excluding carboxylic acids is 2. The van der Waals surface area contributed by atoms with Crippen LogP contribution < -0.4 is 5.32 Å². The van der Waals surface area contributed by atoms with Gasteiger partial charge in [-0.3, -0.25) is 4.79 Å². The van der Waals surface area contributed by atoms with Crippen LogP contribution >= 0.6 is 0 Å². The molecule has 0 aliphatic heterocycles. The highest BCUT2D eigenvalue weighted by Crippen LogP contribution is 2.12. The standard InChI is InChI=1S/C22H25NO3/c1-3-4-5-16-26-22(25)19-11-13-20(14-12-19)23-21(24)15-10-18-8-6-17(2)7-9-18/h6-15H,3-5,16H2,1-2H3,(H,23,24). The van der Waals surface area contributed by atoms with Crippen molar-refractivity contribution in [1.29, 1.82) is 0 Å². The molecule has 26 heavy (non-hydrogen) atoms. The molecule has 2 aromatic rings. The number of hydrogen-bond donors (Lipinski definition) is 1. The Bertz CT molecular complexity index is 746. The lowest BCUT2D eigenvalue weighted by molar-refractivity contribution is -0.111. The molecule has 0 bridgehead atoms. The molecule has 1 amide bonds. The third-order valence-corrected chi connectivity index (χ3v) is 3.87. The van der Waals surface area contributed by atoms with Crippen LogP contribution in [0.15, 0.2) is 54.6 Å². The maximum atomic E-state index is 12.0. The molecule has 0 saturated carbocycles. The van der Waals surface area contributed by atoms with Gasteiger partial charge in [0.05, 0.1) is 12.2 Å². The third kappa shape index (κ3) is 6.55.